The van der Waals surface area contributed by atoms with Gasteiger partial charge in [0.15, 0.2) is 0 Å². The van der Waals surface area contributed by atoms with Crippen molar-refractivity contribution >= 4 is 11.6 Å². The average Bonchev–Trinajstić information content (AvgIpc) is 2.33. The normalized spacial score (nSPS) is 12.2. The number of anilines is 1. The fraction of sp³-hybridized carbons (Fsp3) is 0.500. The van der Waals surface area contributed by atoms with Gasteiger partial charge in [0, 0.05) is 11.7 Å². The molecule has 1 unspecified atom stereocenters. The zero-order valence-corrected chi connectivity index (χ0v) is 11.5. The molecule has 1 aromatic rings. The van der Waals surface area contributed by atoms with Gasteiger partial charge in [-0.05, 0) is 50.5 Å². The maximum Gasteiger partial charge on any atom is 0.238 e. The number of rotatable bonds is 5. The van der Waals surface area contributed by atoms with Gasteiger partial charge >= 0.3 is 0 Å². The molecule has 0 spiro atoms. The van der Waals surface area contributed by atoms with Crippen LogP contribution in [0.15, 0.2) is 12.1 Å². The smallest absolute Gasteiger partial charge is 0.238 e. The van der Waals surface area contributed by atoms with Crippen molar-refractivity contribution < 1.29 is 9.90 Å². The molecule has 0 aliphatic rings. The number of benzene rings is 1. The highest BCUT2D eigenvalue weighted by Gasteiger charge is 2.08. The number of carbonyl (C=O) groups excluding carboxylic acids is 1. The van der Waals surface area contributed by atoms with E-state index in [9.17, 15) is 9.90 Å². The van der Waals surface area contributed by atoms with Gasteiger partial charge in [0.25, 0.3) is 0 Å². The Morgan fingerprint density at radius 3 is 2.61 bits per heavy atom. The van der Waals surface area contributed by atoms with E-state index in [1.165, 1.54) is 0 Å². The summed E-state index contributed by atoms with van der Waals surface area (Å²) in [4.78, 5) is 11.7. The highest BCUT2D eigenvalue weighted by atomic mass is 16.3. The topological polar surface area (TPSA) is 61.4 Å². The average molecular weight is 250 g/mol. The van der Waals surface area contributed by atoms with E-state index in [2.05, 4.69) is 17.6 Å². The molecule has 0 aromatic heterocycles. The van der Waals surface area contributed by atoms with Crippen LogP contribution in [0.25, 0.3) is 0 Å². The van der Waals surface area contributed by atoms with Crippen molar-refractivity contribution in [3.63, 3.8) is 0 Å². The van der Waals surface area contributed by atoms with Crippen LogP contribution in [0.2, 0.25) is 0 Å². The third-order valence-corrected chi connectivity index (χ3v) is 3.04. The second-order valence-electron chi connectivity index (χ2n) is 4.69. The molecule has 18 heavy (non-hydrogen) atoms. The zero-order chi connectivity index (χ0) is 13.7. The monoisotopic (exact) mass is 250 g/mol. The van der Waals surface area contributed by atoms with E-state index in [-0.39, 0.29) is 11.7 Å². The molecule has 0 aliphatic carbocycles. The maximum absolute atomic E-state index is 11.7. The van der Waals surface area contributed by atoms with Gasteiger partial charge in [0.2, 0.25) is 5.91 Å². The Morgan fingerprint density at radius 1 is 1.33 bits per heavy atom. The molecule has 0 saturated carbocycles. The van der Waals surface area contributed by atoms with Crippen molar-refractivity contribution in [1.29, 1.82) is 0 Å². The predicted molar refractivity (Wildman–Crippen MR) is 74.0 cm³/mol. The quantitative estimate of drug-likeness (QED) is 0.703. The van der Waals surface area contributed by atoms with Crippen LogP contribution in [0.1, 0.15) is 31.4 Å². The van der Waals surface area contributed by atoms with E-state index in [4.69, 9.17) is 0 Å². The molecule has 4 nitrogen and oxygen atoms in total. The lowest BCUT2D eigenvalue weighted by atomic mass is 10.1. The number of aromatic hydroxyl groups is 1. The van der Waals surface area contributed by atoms with Crippen LogP contribution in [-0.4, -0.2) is 23.6 Å². The minimum absolute atomic E-state index is 0.0662. The summed E-state index contributed by atoms with van der Waals surface area (Å²) in [6, 6.07) is 3.78. The van der Waals surface area contributed by atoms with Crippen molar-refractivity contribution in [1.82, 2.24) is 5.32 Å². The van der Waals surface area contributed by atoms with E-state index in [1.807, 2.05) is 20.8 Å². The summed E-state index contributed by atoms with van der Waals surface area (Å²) in [5.41, 5.74) is 2.36. The molecule has 0 radical (unpaired) electrons. The number of aryl methyl sites for hydroxylation is 2. The third kappa shape index (κ3) is 4.04. The summed E-state index contributed by atoms with van der Waals surface area (Å²) in [7, 11) is 0. The van der Waals surface area contributed by atoms with Gasteiger partial charge in [-0.3, -0.25) is 4.79 Å². The fourth-order valence-corrected chi connectivity index (χ4v) is 1.54. The molecule has 4 heteroatoms. The van der Waals surface area contributed by atoms with Crippen LogP contribution in [0.4, 0.5) is 5.69 Å². The number of carbonyl (C=O) groups is 1. The van der Waals surface area contributed by atoms with Crippen LogP contribution >= 0.6 is 0 Å². The second kappa shape index (κ2) is 6.40. The van der Waals surface area contributed by atoms with Crippen LogP contribution < -0.4 is 10.6 Å². The molecule has 0 aliphatic heterocycles. The molecule has 3 N–H and O–H groups in total. The van der Waals surface area contributed by atoms with E-state index >= 15 is 0 Å². The van der Waals surface area contributed by atoms with Gasteiger partial charge in [0.1, 0.15) is 5.75 Å². The largest absolute Gasteiger partial charge is 0.508 e. The summed E-state index contributed by atoms with van der Waals surface area (Å²) < 4.78 is 0. The van der Waals surface area contributed by atoms with Gasteiger partial charge in [-0.25, -0.2) is 0 Å². The molecular weight excluding hydrogens is 228 g/mol. The summed E-state index contributed by atoms with van der Waals surface area (Å²) in [6.45, 7) is 8.08. The van der Waals surface area contributed by atoms with Crippen LogP contribution in [0, 0.1) is 13.8 Å². The first-order chi connectivity index (χ1) is 8.43. The van der Waals surface area contributed by atoms with E-state index in [0.717, 1.165) is 23.2 Å². The fourth-order valence-electron chi connectivity index (χ4n) is 1.54. The highest BCUT2D eigenvalue weighted by Crippen LogP contribution is 2.24. The number of hydrogen-bond acceptors (Lipinski definition) is 3. The lowest BCUT2D eigenvalue weighted by molar-refractivity contribution is -0.115. The Balaban J connectivity index is 2.62. The molecule has 0 fully saturated rings. The van der Waals surface area contributed by atoms with E-state index < -0.39 is 0 Å². The highest BCUT2D eigenvalue weighted by molar-refractivity contribution is 5.93. The van der Waals surface area contributed by atoms with Crippen molar-refractivity contribution in [3.8, 4) is 5.75 Å². The van der Waals surface area contributed by atoms with Crippen LogP contribution in [0.3, 0.4) is 0 Å². The molecule has 0 bridgehead atoms. The lowest BCUT2D eigenvalue weighted by Crippen LogP contribution is -2.34. The molecule has 1 aromatic carbocycles. The Hall–Kier alpha value is -1.55. The zero-order valence-electron chi connectivity index (χ0n) is 11.5. The van der Waals surface area contributed by atoms with Crippen LogP contribution in [-0.2, 0) is 4.79 Å². The first-order valence-electron chi connectivity index (χ1n) is 6.27. The molecule has 0 heterocycles. The summed E-state index contributed by atoms with van der Waals surface area (Å²) in [5.74, 6) is 0.187. The first kappa shape index (κ1) is 14.5. The minimum Gasteiger partial charge on any atom is -0.508 e. The third-order valence-electron chi connectivity index (χ3n) is 3.04. The van der Waals surface area contributed by atoms with Gasteiger partial charge in [0.05, 0.1) is 6.54 Å². The SMILES string of the molecule is CCC(C)NCC(=O)Nc1cc(C)c(O)cc1C. The van der Waals surface area contributed by atoms with Crippen LogP contribution in [0.5, 0.6) is 5.75 Å². The number of nitrogens with one attached hydrogen (secondary N) is 2. The number of phenols is 1. The predicted octanol–water partition coefficient (Wildman–Crippen LogP) is 2.34. The molecule has 1 atom stereocenters. The van der Waals surface area contributed by atoms with Gasteiger partial charge in [-0.1, -0.05) is 6.92 Å². The van der Waals surface area contributed by atoms with Crippen molar-refractivity contribution in [2.24, 2.45) is 0 Å². The number of phenolic OH excluding ortho intramolecular Hbond substituents is 1. The summed E-state index contributed by atoms with van der Waals surface area (Å²) >= 11 is 0. The maximum atomic E-state index is 11.7. The summed E-state index contributed by atoms with van der Waals surface area (Å²) in [6.07, 6.45) is 0.991. The summed E-state index contributed by atoms with van der Waals surface area (Å²) in [5, 5.41) is 15.5. The second-order valence-corrected chi connectivity index (χ2v) is 4.69. The van der Waals surface area contributed by atoms with Crippen molar-refractivity contribution in [2.75, 3.05) is 11.9 Å². The standard InChI is InChI=1S/C14H22N2O2/c1-5-11(4)15-8-14(18)16-12-6-10(3)13(17)7-9(12)2/h6-7,11,15,17H,5,8H2,1-4H3,(H,16,18). The van der Waals surface area contributed by atoms with Crippen molar-refractivity contribution in [2.45, 2.75) is 40.2 Å². The molecule has 0 saturated heterocycles. The Morgan fingerprint density at radius 2 is 2.00 bits per heavy atom. The van der Waals surface area contributed by atoms with Gasteiger partial charge in [-0.2, -0.15) is 0 Å². The number of hydrogen-bond donors (Lipinski definition) is 3. The van der Waals surface area contributed by atoms with Crippen molar-refractivity contribution in [3.05, 3.63) is 23.3 Å². The number of amides is 1. The molecular formula is C14H22N2O2. The van der Waals surface area contributed by atoms with E-state index in [0.29, 0.717) is 12.6 Å². The lowest BCUT2D eigenvalue weighted by Gasteiger charge is -2.13. The van der Waals surface area contributed by atoms with Gasteiger partial charge in [-0.15, -0.1) is 0 Å². The molecule has 100 valence electrons. The molecule has 1 amide bonds. The Bertz CT molecular complexity index is 430. The Labute approximate surface area is 108 Å². The first-order valence-corrected chi connectivity index (χ1v) is 6.27. The van der Waals surface area contributed by atoms with Gasteiger partial charge < -0.3 is 15.7 Å². The molecule has 1 rings (SSSR count). The Kier molecular flexibility index (Phi) is 5.16. The van der Waals surface area contributed by atoms with E-state index in [1.54, 1.807) is 12.1 Å². The minimum atomic E-state index is -0.0662.